The summed E-state index contributed by atoms with van der Waals surface area (Å²) >= 11 is 0. The van der Waals surface area contributed by atoms with Crippen molar-refractivity contribution in [2.24, 2.45) is 0 Å². The highest BCUT2D eigenvalue weighted by molar-refractivity contribution is 5.99. The average molecular weight is 338 g/mol. The lowest BCUT2D eigenvalue weighted by Crippen LogP contribution is -2.36. The van der Waals surface area contributed by atoms with Gasteiger partial charge in [0.1, 0.15) is 5.56 Å². The van der Waals surface area contributed by atoms with Crippen molar-refractivity contribution in [3.63, 3.8) is 0 Å². The van der Waals surface area contributed by atoms with E-state index in [1.807, 2.05) is 13.8 Å². The first-order valence-electron chi connectivity index (χ1n) is 8.87. The number of aryl methyl sites for hydroxylation is 1. The Morgan fingerprint density at radius 2 is 1.83 bits per heavy atom. The molecule has 0 radical (unpaired) electrons. The summed E-state index contributed by atoms with van der Waals surface area (Å²) in [5.41, 5.74) is 0.300. The SMILES string of the molecule is CCCCn1cc(C(=O)OCC)c(NC(=O)N(CCC)CCC)n1. The summed E-state index contributed by atoms with van der Waals surface area (Å²) in [6.45, 7) is 10.2. The Morgan fingerprint density at radius 3 is 2.38 bits per heavy atom. The fraction of sp³-hybridized carbons (Fsp3) is 0.706. The van der Waals surface area contributed by atoms with E-state index in [0.29, 0.717) is 25.2 Å². The van der Waals surface area contributed by atoms with Crippen LogP contribution < -0.4 is 5.32 Å². The lowest BCUT2D eigenvalue weighted by Gasteiger charge is -2.21. The third-order valence-corrected chi connectivity index (χ3v) is 3.50. The molecule has 0 saturated heterocycles. The maximum atomic E-state index is 12.5. The molecule has 0 aliphatic carbocycles. The zero-order valence-corrected chi connectivity index (χ0v) is 15.3. The van der Waals surface area contributed by atoms with Gasteiger partial charge in [-0.3, -0.25) is 10.00 Å². The molecular formula is C17H30N4O3. The van der Waals surface area contributed by atoms with Crippen molar-refractivity contribution in [1.82, 2.24) is 14.7 Å². The predicted octanol–water partition coefficient (Wildman–Crippen LogP) is 3.51. The van der Waals surface area contributed by atoms with E-state index in [1.165, 1.54) is 0 Å². The number of hydrogen-bond donors (Lipinski definition) is 1. The van der Waals surface area contributed by atoms with Crippen molar-refractivity contribution in [1.29, 1.82) is 0 Å². The topological polar surface area (TPSA) is 76.5 Å². The van der Waals surface area contributed by atoms with E-state index >= 15 is 0 Å². The Morgan fingerprint density at radius 1 is 1.17 bits per heavy atom. The van der Waals surface area contributed by atoms with Crippen LogP contribution in [-0.2, 0) is 11.3 Å². The number of carbonyl (C=O) groups excluding carboxylic acids is 2. The molecule has 0 aromatic carbocycles. The van der Waals surface area contributed by atoms with E-state index in [4.69, 9.17) is 4.74 Å². The van der Waals surface area contributed by atoms with Crippen molar-refractivity contribution >= 4 is 17.8 Å². The Balaban J connectivity index is 2.95. The molecule has 0 aliphatic heterocycles. The number of rotatable bonds is 10. The lowest BCUT2D eigenvalue weighted by atomic mass is 10.3. The van der Waals surface area contributed by atoms with Crippen LogP contribution in [-0.4, -0.2) is 46.4 Å². The second-order valence-corrected chi connectivity index (χ2v) is 5.65. The number of esters is 1. The van der Waals surface area contributed by atoms with Crippen LogP contribution in [0.4, 0.5) is 10.6 Å². The number of nitrogens with zero attached hydrogens (tertiary/aromatic N) is 3. The number of carbonyl (C=O) groups is 2. The van der Waals surface area contributed by atoms with Gasteiger partial charge in [-0.05, 0) is 26.2 Å². The number of hydrogen-bond acceptors (Lipinski definition) is 4. The molecule has 0 atom stereocenters. The second kappa shape index (κ2) is 10.7. The van der Waals surface area contributed by atoms with E-state index in [0.717, 1.165) is 25.7 Å². The molecule has 7 heteroatoms. The molecular weight excluding hydrogens is 308 g/mol. The fourth-order valence-corrected chi connectivity index (χ4v) is 2.34. The van der Waals surface area contributed by atoms with Crippen molar-refractivity contribution < 1.29 is 14.3 Å². The van der Waals surface area contributed by atoms with Gasteiger partial charge in [-0.15, -0.1) is 0 Å². The fourth-order valence-electron chi connectivity index (χ4n) is 2.34. The summed E-state index contributed by atoms with van der Waals surface area (Å²) in [5, 5.41) is 7.12. The van der Waals surface area contributed by atoms with Gasteiger partial charge in [0.25, 0.3) is 0 Å². The molecule has 0 fully saturated rings. The number of amides is 2. The summed E-state index contributed by atoms with van der Waals surface area (Å²) in [6, 6.07) is -0.231. The normalized spacial score (nSPS) is 10.5. The van der Waals surface area contributed by atoms with Gasteiger partial charge >= 0.3 is 12.0 Å². The molecule has 24 heavy (non-hydrogen) atoms. The maximum absolute atomic E-state index is 12.5. The average Bonchev–Trinajstić information content (AvgIpc) is 2.95. The molecule has 1 heterocycles. The molecule has 0 bridgehead atoms. The van der Waals surface area contributed by atoms with Crippen LogP contribution in [0.1, 0.15) is 63.7 Å². The third-order valence-electron chi connectivity index (χ3n) is 3.50. The van der Waals surface area contributed by atoms with Crippen LogP contribution in [0.2, 0.25) is 0 Å². The molecule has 0 saturated carbocycles. The van der Waals surface area contributed by atoms with Crippen LogP contribution >= 0.6 is 0 Å². The first-order chi connectivity index (χ1) is 11.6. The van der Waals surface area contributed by atoms with Gasteiger partial charge in [0.15, 0.2) is 5.82 Å². The molecule has 0 spiro atoms. The highest BCUT2D eigenvalue weighted by Crippen LogP contribution is 2.16. The molecule has 7 nitrogen and oxygen atoms in total. The summed E-state index contributed by atoms with van der Waals surface area (Å²) in [7, 11) is 0. The van der Waals surface area contributed by atoms with E-state index in [1.54, 1.807) is 22.7 Å². The smallest absolute Gasteiger partial charge is 0.343 e. The largest absolute Gasteiger partial charge is 0.462 e. The van der Waals surface area contributed by atoms with Crippen LogP contribution in [0.5, 0.6) is 0 Å². The number of nitrogens with one attached hydrogen (secondary N) is 1. The molecule has 1 aromatic rings. The minimum absolute atomic E-state index is 0.231. The monoisotopic (exact) mass is 338 g/mol. The van der Waals surface area contributed by atoms with E-state index in [9.17, 15) is 9.59 Å². The molecule has 1 N–H and O–H groups in total. The zero-order chi connectivity index (χ0) is 17.9. The lowest BCUT2D eigenvalue weighted by molar-refractivity contribution is 0.0527. The number of anilines is 1. The second-order valence-electron chi connectivity index (χ2n) is 5.65. The zero-order valence-electron chi connectivity index (χ0n) is 15.3. The van der Waals surface area contributed by atoms with Gasteiger partial charge < -0.3 is 9.64 Å². The summed E-state index contributed by atoms with van der Waals surface area (Å²) in [5.74, 6) is -0.195. The number of aromatic nitrogens is 2. The third kappa shape index (κ3) is 5.86. The van der Waals surface area contributed by atoms with Gasteiger partial charge in [-0.2, -0.15) is 5.10 Å². The van der Waals surface area contributed by atoms with Gasteiger partial charge in [0.2, 0.25) is 0 Å². The summed E-state index contributed by atoms with van der Waals surface area (Å²) < 4.78 is 6.76. The maximum Gasteiger partial charge on any atom is 0.343 e. The van der Waals surface area contributed by atoms with Crippen molar-refractivity contribution in [2.75, 3.05) is 25.0 Å². The number of unbranched alkanes of at least 4 members (excludes halogenated alkanes) is 1. The predicted molar refractivity (Wildman–Crippen MR) is 94.3 cm³/mol. The molecule has 0 unspecified atom stereocenters. The Labute approximate surface area is 144 Å². The Kier molecular flexibility index (Phi) is 8.89. The Bertz CT molecular complexity index is 522. The minimum Gasteiger partial charge on any atom is -0.462 e. The molecule has 1 aromatic heterocycles. The quantitative estimate of drug-likeness (QED) is 0.662. The van der Waals surface area contributed by atoms with Crippen molar-refractivity contribution in [2.45, 2.75) is 59.9 Å². The highest BCUT2D eigenvalue weighted by atomic mass is 16.5. The number of urea groups is 1. The van der Waals surface area contributed by atoms with E-state index < -0.39 is 5.97 Å². The van der Waals surface area contributed by atoms with Crippen LogP contribution in [0.25, 0.3) is 0 Å². The van der Waals surface area contributed by atoms with Gasteiger partial charge in [0, 0.05) is 25.8 Å². The minimum atomic E-state index is -0.465. The summed E-state index contributed by atoms with van der Waals surface area (Å²) in [4.78, 5) is 26.3. The van der Waals surface area contributed by atoms with Crippen molar-refractivity contribution in [3.05, 3.63) is 11.8 Å². The summed E-state index contributed by atoms with van der Waals surface area (Å²) in [6.07, 6.45) is 5.38. The first kappa shape index (κ1) is 20.0. The van der Waals surface area contributed by atoms with Crippen LogP contribution in [0.15, 0.2) is 6.20 Å². The first-order valence-corrected chi connectivity index (χ1v) is 8.87. The molecule has 0 aliphatic rings. The van der Waals surface area contributed by atoms with Gasteiger partial charge in [0.05, 0.1) is 6.61 Å². The van der Waals surface area contributed by atoms with E-state index in [-0.39, 0.29) is 18.5 Å². The van der Waals surface area contributed by atoms with Gasteiger partial charge in [-0.25, -0.2) is 9.59 Å². The number of ether oxygens (including phenoxy) is 1. The Hall–Kier alpha value is -2.05. The molecule has 1 rings (SSSR count). The standard InChI is InChI=1S/C17H30N4O3/c1-5-9-12-21-13-14(16(22)24-8-4)15(19-21)18-17(23)20(10-6-2)11-7-3/h13H,5-12H2,1-4H3,(H,18,19,23). The van der Waals surface area contributed by atoms with Crippen molar-refractivity contribution in [3.8, 4) is 0 Å². The highest BCUT2D eigenvalue weighted by Gasteiger charge is 2.21. The molecule has 2 amide bonds. The van der Waals surface area contributed by atoms with E-state index in [2.05, 4.69) is 17.3 Å². The molecule has 136 valence electrons. The van der Waals surface area contributed by atoms with Gasteiger partial charge in [-0.1, -0.05) is 27.2 Å². The van der Waals surface area contributed by atoms with Crippen LogP contribution in [0.3, 0.4) is 0 Å². The van der Waals surface area contributed by atoms with Crippen LogP contribution in [0, 0.1) is 0 Å².